The van der Waals surface area contributed by atoms with E-state index in [0.717, 1.165) is 18.8 Å². The number of benzene rings is 1. The highest BCUT2D eigenvalue weighted by molar-refractivity contribution is 8.02. The molecule has 2 bridgehead atoms. The molecule has 7 atom stereocenters. The van der Waals surface area contributed by atoms with Crippen molar-refractivity contribution in [3.05, 3.63) is 36.9 Å². The van der Waals surface area contributed by atoms with Crippen molar-refractivity contribution in [2.24, 2.45) is 17.8 Å². The minimum Gasteiger partial charge on any atom is -0.481 e. The molecule has 3 aliphatic heterocycles. The third-order valence-corrected chi connectivity index (χ3v) is 10.7. The summed E-state index contributed by atoms with van der Waals surface area (Å²) in [5, 5.41) is 20.1. The highest BCUT2D eigenvalue weighted by Gasteiger charge is 2.76. The first-order chi connectivity index (χ1) is 17.7. The summed E-state index contributed by atoms with van der Waals surface area (Å²) >= 11 is 1.51. The average Bonchev–Trinajstić information content (AvgIpc) is 3.48. The fourth-order valence-corrected chi connectivity index (χ4v) is 9.25. The predicted molar refractivity (Wildman–Crippen MR) is 147 cm³/mol. The Kier molecular flexibility index (Phi) is 7.95. The molecule has 0 radical (unpaired) electrons. The minimum atomic E-state index is -0.982. The topological polar surface area (TPSA) is 101 Å². The number of likely N-dealkylation sites (tertiary alicyclic amines) is 1. The van der Waals surface area contributed by atoms with Gasteiger partial charge in [-0.25, -0.2) is 0 Å². The van der Waals surface area contributed by atoms with Crippen molar-refractivity contribution in [3.8, 4) is 0 Å². The van der Waals surface area contributed by atoms with Crippen LogP contribution >= 0.6 is 11.8 Å². The number of anilines is 2. The summed E-state index contributed by atoms with van der Waals surface area (Å²) in [5.41, 5.74) is 1.76. The number of aliphatic carboxylic acids is 1. The molecule has 3 aliphatic rings. The second-order valence-corrected chi connectivity index (χ2v) is 11.9. The Morgan fingerprint density at radius 1 is 1.22 bits per heavy atom. The van der Waals surface area contributed by atoms with Gasteiger partial charge in [0, 0.05) is 36.3 Å². The fraction of sp³-hybridized carbons (Fsp3) is 0.607. The van der Waals surface area contributed by atoms with E-state index >= 15 is 0 Å². The second-order valence-electron chi connectivity index (χ2n) is 10.3. The fourth-order valence-electron chi connectivity index (χ4n) is 6.86. The number of carbonyl (C=O) groups is 3. The van der Waals surface area contributed by atoms with Crippen molar-refractivity contribution < 1.29 is 24.6 Å². The molecule has 0 aromatic heterocycles. The molecule has 2 N–H and O–H groups in total. The summed E-state index contributed by atoms with van der Waals surface area (Å²) in [6.45, 7) is 13.7. The van der Waals surface area contributed by atoms with Gasteiger partial charge in [-0.2, -0.15) is 0 Å². The van der Waals surface area contributed by atoms with E-state index in [1.54, 1.807) is 11.0 Å². The highest BCUT2D eigenvalue weighted by Crippen LogP contribution is 2.69. The first kappa shape index (κ1) is 27.5. The number of thioether (sulfide) groups is 1. The zero-order valence-electron chi connectivity index (χ0n) is 22.2. The molecule has 1 spiro atoms. The number of fused-ring (bicyclic) bond motifs is 1. The first-order valence-corrected chi connectivity index (χ1v) is 14.2. The van der Waals surface area contributed by atoms with E-state index in [9.17, 15) is 24.6 Å². The van der Waals surface area contributed by atoms with Gasteiger partial charge in [-0.1, -0.05) is 19.9 Å². The number of aliphatic hydroxyl groups is 1. The molecular weight excluding hydrogens is 490 g/mol. The Morgan fingerprint density at radius 2 is 1.84 bits per heavy atom. The van der Waals surface area contributed by atoms with Crippen LogP contribution in [0.5, 0.6) is 0 Å². The molecule has 1 aromatic carbocycles. The Balaban J connectivity index is 1.80. The van der Waals surface area contributed by atoms with Gasteiger partial charge in [0.05, 0.1) is 29.2 Å². The number of nitrogens with zero attached hydrogens (tertiary/aromatic N) is 3. The molecule has 3 fully saturated rings. The number of hydrogen-bond acceptors (Lipinski definition) is 6. The van der Waals surface area contributed by atoms with Crippen molar-refractivity contribution in [3.63, 3.8) is 0 Å². The van der Waals surface area contributed by atoms with Crippen molar-refractivity contribution in [2.75, 3.05) is 36.0 Å². The molecule has 1 aromatic rings. The van der Waals surface area contributed by atoms with Crippen LogP contribution in [0.3, 0.4) is 0 Å². The van der Waals surface area contributed by atoms with Crippen LogP contribution in [0.2, 0.25) is 0 Å². The zero-order valence-corrected chi connectivity index (χ0v) is 23.0. The standard InChI is InChI=1S/C28H39N3O5S/c1-6-14-30(20-12-10-19(11-13-20)29(8-3)9-4)26(34)24-28-17(5)15-21(37-28)22(27(35)36)23(28)25(33)31(24)18(7-2)16-32/h6,10-13,17-18,21-24,32H,1,7-9,14-16H2,2-5H3,(H,35,36)/t17?,18-,21-,22+,23-,24?,28?/m0/s1. The van der Waals surface area contributed by atoms with Gasteiger partial charge in [-0.3, -0.25) is 14.4 Å². The molecule has 8 nitrogen and oxygen atoms in total. The van der Waals surface area contributed by atoms with Crippen molar-refractivity contribution in [1.29, 1.82) is 0 Å². The molecule has 3 unspecified atom stereocenters. The van der Waals surface area contributed by atoms with Crippen LogP contribution in [-0.4, -0.2) is 81.2 Å². The molecule has 37 heavy (non-hydrogen) atoms. The molecule has 3 heterocycles. The molecule has 0 aliphatic carbocycles. The number of carboxylic acids is 1. The van der Waals surface area contributed by atoms with E-state index in [1.165, 1.54) is 16.7 Å². The van der Waals surface area contributed by atoms with Crippen LogP contribution in [0.1, 0.15) is 40.5 Å². The van der Waals surface area contributed by atoms with Crippen LogP contribution < -0.4 is 9.80 Å². The summed E-state index contributed by atoms with van der Waals surface area (Å²) in [6, 6.07) is 6.39. The van der Waals surface area contributed by atoms with E-state index in [-0.39, 0.29) is 36.1 Å². The predicted octanol–water partition coefficient (Wildman–Crippen LogP) is 3.24. The minimum absolute atomic E-state index is 0.0159. The molecule has 9 heteroatoms. The number of aliphatic hydroxyl groups excluding tert-OH is 1. The first-order valence-electron chi connectivity index (χ1n) is 13.3. The number of carbonyl (C=O) groups excluding carboxylic acids is 2. The molecular formula is C28H39N3O5S. The van der Waals surface area contributed by atoms with E-state index < -0.39 is 34.6 Å². The maximum atomic E-state index is 14.5. The third-order valence-electron chi connectivity index (χ3n) is 8.65. The van der Waals surface area contributed by atoms with Crippen LogP contribution in [0.15, 0.2) is 36.9 Å². The summed E-state index contributed by atoms with van der Waals surface area (Å²) in [4.78, 5) is 46.2. The quantitative estimate of drug-likeness (QED) is 0.425. The number of carboxylic acid groups (broad SMARTS) is 1. The monoisotopic (exact) mass is 529 g/mol. The van der Waals surface area contributed by atoms with Gasteiger partial charge in [0.1, 0.15) is 6.04 Å². The smallest absolute Gasteiger partial charge is 0.308 e. The molecule has 4 rings (SSSR count). The maximum absolute atomic E-state index is 14.5. The van der Waals surface area contributed by atoms with Gasteiger partial charge in [0.15, 0.2) is 0 Å². The van der Waals surface area contributed by atoms with E-state index in [1.807, 2.05) is 38.1 Å². The van der Waals surface area contributed by atoms with Crippen molar-refractivity contribution >= 4 is 40.9 Å². The summed E-state index contributed by atoms with van der Waals surface area (Å²) in [7, 11) is 0. The zero-order chi connectivity index (χ0) is 27.1. The van der Waals surface area contributed by atoms with E-state index in [2.05, 4.69) is 25.3 Å². The molecule has 2 amide bonds. The lowest BCUT2D eigenvalue weighted by molar-refractivity contribution is -0.149. The highest BCUT2D eigenvalue weighted by atomic mass is 32.2. The maximum Gasteiger partial charge on any atom is 0.308 e. The number of hydrogen-bond donors (Lipinski definition) is 2. The van der Waals surface area contributed by atoms with Gasteiger partial charge in [-0.15, -0.1) is 18.3 Å². The Hall–Kier alpha value is -2.52. The molecule has 3 saturated heterocycles. The number of rotatable bonds is 11. The summed E-state index contributed by atoms with van der Waals surface area (Å²) in [5.74, 6) is -3.17. The average molecular weight is 530 g/mol. The van der Waals surface area contributed by atoms with E-state index in [0.29, 0.717) is 18.5 Å². The van der Waals surface area contributed by atoms with Gasteiger partial charge in [0.2, 0.25) is 5.91 Å². The third kappa shape index (κ3) is 4.14. The molecule has 202 valence electrons. The lowest BCUT2D eigenvalue weighted by Gasteiger charge is -2.41. The second kappa shape index (κ2) is 10.7. The van der Waals surface area contributed by atoms with Gasteiger partial charge in [0.25, 0.3) is 5.91 Å². The van der Waals surface area contributed by atoms with E-state index in [4.69, 9.17) is 0 Å². The van der Waals surface area contributed by atoms with Crippen LogP contribution in [0.25, 0.3) is 0 Å². The lowest BCUT2D eigenvalue weighted by Crippen LogP contribution is -2.59. The SMILES string of the molecule is C=CCN(C(=O)C1N([C@@H](CC)CO)C(=O)[C@@H]2[C@H](C(=O)O)[C@@H]3CC(C)C12S3)c1ccc(N(CC)CC)cc1. The number of amides is 2. The summed E-state index contributed by atoms with van der Waals surface area (Å²) < 4.78 is -0.842. The Morgan fingerprint density at radius 3 is 2.35 bits per heavy atom. The van der Waals surface area contributed by atoms with Crippen LogP contribution in [0.4, 0.5) is 11.4 Å². The van der Waals surface area contributed by atoms with Crippen molar-refractivity contribution in [2.45, 2.75) is 62.6 Å². The normalized spacial score (nSPS) is 30.8. The van der Waals surface area contributed by atoms with Gasteiger partial charge >= 0.3 is 5.97 Å². The van der Waals surface area contributed by atoms with Crippen LogP contribution in [0, 0.1) is 17.8 Å². The van der Waals surface area contributed by atoms with Crippen LogP contribution in [-0.2, 0) is 14.4 Å². The van der Waals surface area contributed by atoms with Gasteiger partial charge < -0.3 is 24.9 Å². The lowest BCUT2D eigenvalue weighted by atomic mass is 9.66. The van der Waals surface area contributed by atoms with Crippen molar-refractivity contribution in [1.82, 2.24) is 4.90 Å². The summed E-state index contributed by atoms with van der Waals surface area (Å²) in [6.07, 6.45) is 2.78. The largest absolute Gasteiger partial charge is 0.481 e. The molecule has 0 saturated carbocycles. The Bertz CT molecular complexity index is 1040. The Labute approximate surface area is 223 Å². The van der Waals surface area contributed by atoms with Gasteiger partial charge in [-0.05, 0) is 56.9 Å².